The first-order chi connectivity index (χ1) is 11.9. The highest BCUT2D eigenvalue weighted by Gasteiger charge is 2.15. The van der Waals surface area contributed by atoms with Crippen molar-refractivity contribution in [3.05, 3.63) is 29.8 Å². The number of hydrogen-bond acceptors (Lipinski definition) is 3. The molecule has 25 heavy (non-hydrogen) atoms. The van der Waals surface area contributed by atoms with E-state index < -0.39 is 5.97 Å². The van der Waals surface area contributed by atoms with E-state index in [2.05, 4.69) is 37.4 Å². The third-order valence-electron chi connectivity index (χ3n) is 4.52. The van der Waals surface area contributed by atoms with Crippen LogP contribution in [-0.2, 0) is 11.2 Å². The summed E-state index contributed by atoms with van der Waals surface area (Å²) in [4.78, 5) is 10.4. The molecule has 0 aromatic heterocycles. The van der Waals surface area contributed by atoms with Crippen molar-refractivity contribution in [3.8, 4) is 5.75 Å². The molecule has 0 saturated carbocycles. The van der Waals surface area contributed by atoms with Gasteiger partial charge in [-0.25, -0.2) is 0 Å². The van der Waals surface area contributed by atoms with Crippen LogP contribution in [0.1, 0.15) is 70.8 Å². The highest BCUT2D eigenvalue weighted by Crippen LogP contribution is 2.18. The molecule has 4 nitrogen and oxygen atoms in total. The Morgan fingerprint density at radius 2 is 1.72 bits per heavy atom. The van der Waals surface area contributed by atoms with Gasteiger partial charge in [-0.05, 0) is 57.9 Å². The zero-order valence-electron chi connectivity index (χ0n) is 16.1. The fourth-order valence-corrected chi connectivity index (χ4v) is 2.80. The monoisotopic (exact) mass is 349 g/mol. The number of likely N-dealkylation sites (N-methyl/N-ethyl adjacent to an activating group) is 1. The lowest BCUT2D eigenvalue weighted by atomic mass is 9.95. The highest BCUT2D eigenvalue weighted by atomic mass is 16.5. The molecule has 0 radical (unpaired) electrons. The highest BCUT2D eigenvalue weighted by molar-refractivity contribution is 5.66. The average Bonchev–Trinajstić information content (AvgIpc) is 2.56. The Bertz CT molecular complexity index is 500. The molecule has 1 aromatic carbocycles. The van der Waals surface area contributed by atoms with Gasteiger partial charge in [-0.15, -0.1) is 0 Å². The van der Waals surface area contributed by atoms with E-state index in [-0.39, 0.29) is 5.54 Å². The van der Waals surface area contributed by atoms with Crippen LogP contribution in [-0.4, -0.2) is 30.3 Å². The van der Waals surface area contributed by atoms with Gasteiger partial charge in [0.15, 0.2) is 0 Å². The van der Waals surface area contributed by atoms with Crippen molar-refractivity contribution < 1.29 is 14.6 Å². The van der Waals surface area contributed by atoms with Crippen LogP contribution in [0.15, 0.2) is 24.3 Å². The minimum atomic E-state index is -0.685. The lowest BCUT2D eigenvalue weighted by Crippen LogP contribution is -2.38. The molecule has 1 rings (SSSR count). The molecule has 0 aliphatic rings. The van der Waals surface area contributed by atoms with E-state index in [1.54, 1.807) is 0 Å². The second kappa shape index (κ2) is 11.9. The molecule has 1 aromatic rings. The van der Waals surface area contributed by atoms with Crippen LogP contribution in [0.3, 0.4) is 0 Å². The summed E-state index contributed by atoms with van der Waals surface area (Å²) in [5, 5.41) is 11.9. The summed E-state index contributed by atoms with van der Waals surface area (Å²) in [5.41, 5.74) is 1.38. The molecule has 0 amide bonds. The summed E-state index contributed by atoms with van der Waals surface area (Å²) < 4.78 is 5.88. The second-order valence-corrected chi connectivity index (χ2v) is 7.43. The number of unbranched alkanes of at least 4 members (excludes halogenated alkanes) is 6. The molecule has 0 fully saturated rings. The molecule has 4 heteroatoms. The molecule has 0 heterocycles. The number of carbonyl (C=O) groups is 1. The summed E-state index contributed by atoms with van der Waals surface area (Å²) in [7, 11) is 1.99. The maximum atomic E-state index is 10.4. The zero-order chi connectivity index (χ0) is 18.5. The number of ether oxygens (including phenoxy) is 1. The largest absolute Gasteiger partial charge is 0.494 e. The number of hydrogen-bond donors (Lipinski definition) is 2. The third kappa shape index (κ3) is 10.8. The van der Waals surface area contributed by atoms with E-state index in [0.717, 1.165) is 44.5 Å². The Morgan fingerprint density at radius 1 is 1.08 bits per heavy atom. The van der Waals surface area contributed by atoms with E-state index in [4.69, 9.17) is 9.84 Å². The maximum Gasteiger partial charge on any atom is 0.303 e. The van der Waals surface area contributed by atoms with Gasteiger partial charge in [-0.1, -0.05) is 44.2 Å². The number of carboxylic acids is 1. The first-order valence-electron chi connectivity index (χ1n) is 9.55. The normalized spacial score (nSPS) is 11.5. The fraction of sp³-hybridized carbons (Fsp3) is 0.667. The predicted molar refractivity (Wildman–Crippen MR) is 103 cm³/mol. The van der Waals surface area contributed by atoms with Crippen LogP contribution in [0, 0.1) is 0 Å². The van der Waals surface area contributed by atoms with Crippen molar-refractivity contribution in [1.29, 1.82) is 0 Å². The molecule has 0 atom stereocenters. The average molecular weight is 350 g/mol. The summed E-state index contributed by atoms with van der Waals surface area (Å²) >= 11 is 0. The van der Waals surface area contributed by atoms with Gasteiger partial charge < -0.3 is 15.2 Å². The minimum Gasteiger partial charge on any atom is -0.494 e. The Balaban J connectivity index is 2.11. The molecular formula is C21H35NO3. The Labute approximate surface area is 153 Å². The molecule has 0 spiro atoms. The summed E-state index contributed by atoms with van der Waals surface area (Å²) in [5.74, 6) is 0.272. The predicted octanol–water partition coefficient (Wildman–Crippen LogP) is 4.81. The quantitative estimate of drug-likeness (QED) is 0.473. The maximum absolute atomic E-state index is 10.4. The summed E-state index contributed by atoms with van der Waals surface area (Å²) in [6.45, 7) is 5.16. The van der Waals surface area contributed by atoms with Gasteiger partial charge in [0.25, 0.3) is 0 Å². The first-order valence-corrected chi connectivity index (χ1v) is 9.55. The molecule has 0 saturated heterocycles. The van der Waals surface area contributed by atoms with E-state index in [0.29, 0.717) is 6.42 Å². The molecule has 142 valence electrons. The minimum absolute atomic E-state index is 0.0864. The number of rotatable bonds is 14. The Morgan fingerprint density at radius 3 is 2.36 bits per heavy atom. The van der Waals surface area contributed by atoms with E-state index >= 15 is 0 Å². The van der Waals surface area contributed by atoms with Crippen LogP contribution in [0.25, 0.3) is 0 Å². The van der Waals surface area contributed by atoms with Gasteiger partial charge >= 0.3 is 5.97 Å². The summed E-state index contributed by atoms with van der Waals surface area (Å²) in [6.07, 6.45) is 8.88. The standard InChI is InChI=1S/C21H35NO3/c1-21(2,22-3)17-18-12-11-13-19(16-18)25-15-10-8-6-4-5-7-9-14-20(23)24/h11-13,16,22H,4-10,14-15,17H2,1-3H3,(H,23,24). The Kier molecular flexibility index (Phi) is 10.2. The van der Waals surface area contributed by atoms with Gasteiger partial charge in [0.2, 0.25) is 0 Å². The third-order valence-corrected chi connectivity index (χ3v) is 4.52. The number of nitrogens with one attached hydrogen (secondary N) is 1. The smallest absolute Gasteiger partial charge is 0.303 e. The van der Waals surface area contributed by atoms with Crippen LogP contribution in [0.4, 0.5) is 0 Å². The van der Waals surface area contributed by atoms with Crippen LogP contribution in [0.2, 0.25) is 0 Å². The topological polar surface area (TPSA) is 58.6 Å². The molecule has 0 unspecified atom stereocenters. The lowest BCUT2D eigenvalue weighted by Gasteiger charge is -2.24. The number of aliphatic carboxylic acids is 1. The lowest BCUT2D eigenvalue weighted by molar-refractivity contribution is -0.137. The van der Waals surface area contributed by atoms with Crippen LogP contribution >= 0.6 is 0 Å². The van der Waals surface area contributed by atoms with Gasteiger partial charge in [-0.3, -0.25) is 4.79 Å². The van der Waals surface area contributed by atoms with Crippen LogP contribution in [0.5, 0.6) is 5.75 Å². The SMILES string of the molecule is CNC(C)(C)Cc1cccc(OCCCCCCCCCC(=O)O)c1. The first kappa shape index (κ1) is 21.5. The molecule has 0 aliphatic heterocycles. The summed E-state index contributed by atoms with van der Waals surface area (Å²) in [6, 6.07) is 8.38. The van der Waals surface area contributed by atoms with Crippen molar-refractivity contribution in [1.82, 2.24) is 5.32 Å². The second-order valence-electron chi connectivity index (χ2n) is 7.43. The van der Waals surface area contributed by atoms with E-state index in [1.165, 1.54) is 24.8 Å². The molecule has 0 bridgehead atoms. The number of carboxylic acid groups (broad SMARTS) is 1. The van der Waals surface area contributed by atoms with Gasteiger partial charge in [0.1, 0.15) is 5.75 Å². The van der Waals surface area contributed by atoms with E-state index in [9.17, 15) is 4.79 Å². The number of benzene rings is 1. The Hall–Kier alpha value is -1.55. The van der Waals surface area contributed by atoms with Gasteiger partial charge in [0.05, 0.1) is 6.61 Å². The molecule has 2 N–H and O–H groups in total. The zero-order valence-corrected chi connectivity index (χ0v) is 16.1. The van der Waals surface area contributed by atoms with Crippen molar-refractivity contribution >= 4 is 5.97 Å². The van der Waals surface area contributed by atoms with Crippen molar-refractivity contribution in [2.24, 2.45) is 0 Å². The van der Waals surface area contributed by atoms with Crippen molar-refractivity contribution in [3.63, 3.8) is 0 Å². The molecular weight excluding hydrogens is 314 g/mol. The van der Waals surface area contributed by atoms with Crippen molar-refractivity contribution in [2.45, 2.75) is 77.2 Å². The van der Waals surface area contributed by atoms with Gasteiger partial charge in [0, 0.05) is 12.0 Å². The van der Waals surface area contributed by atoms with Crippen LogP contribution < -0.4 is 10.1 Å². The van der Waals surface area contributed by atoms with Gasteiger partial charge in [-0.2, -0.15) is 0 Å². The molecule has 0 aliphatic carbocycles. The van der Waals surface area contributed by atoms with E-state index in [1.807, 2.05) is 13.1 Å². The fourth-order valence-electron chi connectivity index (χ4n) is 2.80. The van der Waals surface area contributed by atoms with Crippen molar-refractivity contribution in [2.75, 3.05) is 13.7 Å².